The van der Waals surface area contributed by atoms with Gasteiger partial charge >= 0.3 is 12.1 Å². The molecule has 0 unspecified atom stereocenters. The number of esters is 1. The lowest BCUT2D eigenvalue weighted by molar-refractivity contribution is -0.139. The van der Waals surface area contributed by atoms with Gasteiger partial charge in [0.15, 0.2) is 0 Å². The standard InChI is InChI=1S/C14H15F3O2/c1-4-19-13(18)10(3)9(2)11-5-7-12(8-6-11)14(15,16)17/h5-8H,4H2,1-3H3/b10-9-. The summed E-state index contributed by atoms with van der Waals surface area (Å²) in [6.45, 7) is 5.22. The van der Waals surface area contributed by atoms with Gasteiger partial charge in [-0.15, -0.1) is 0 Å². The highest BCUT2D eigenvalue weighted by molar-refractivity contribution is 5.96. The molecule has 0 heterocycles. The van der Waals surface area contributed by atoms with E-state index in [-0.39, 0.29) is 6.61 Å². The first kappa shape index (κ1) is 15.3. The number of rotatable bonds is 3. The van der Waals surface area contributed by atoms with Crippen LogP contribution in [-0.2, 0) is 15.7 Å². The van der Waals surface area contributed by atoms with E-state index in [2.05, 4.69) is 0 Å². The molecular formula is C14H15F3O2. The molecule has 0 aromatic heterocycles. The minimum atomic E-state index is -4.35. The summed E-state index contributed by atoms with van der Waals surface area (Å²) < 4.78 is 42.1. The second-order valence-corrected chi connectivity index (χ2v) is 4.05. The number of ether oxygens (including phenoxy) is 1. The number of carbonyl (C=O) groups excluding carboxylic acids is 1. The van der Waals surface area contributed by atoms with Crippen LogP contribution >= 0.6 is 0 Å². The highest BCUT2D eigenvalue weighted by Gasteiger charge is 2.30. The Morgan fingerprint density at radius 2 is 1.68 bits per heavy atom. The van der Waals surface area contributed by atoms with E-state index in [0.29, 0.717) is 16.7 Å². The van der Waals surface area contributed by atoms with Gasteiger partial charge in [-0.05, 0) is 44.0 Å². The summed E-state index contributed by atoms with van der Waals surface area (Å²) in [5.41, 5.74) is 0.852. The Hall–Kier alpha value is -1.78. The van der Waals surface area contributed by atoms with Crippen LogP contribution in [0.15, 0.2) is 29.8 Å². The molecule has 104 valence electrons. The molecule has 0 aliphatic carbocycles. The molecule has 0 bridgehead atoms. The van der Waals surface area contributed by atoms with Crippen molar-refractivity contribution in [2.45, 2.75) is 26.9 Å². The third-order valence-corrected chi connectivity index (χ3v) is 2.79. The molecule has 2 nitrogen and oxygen atoms in total. The molecule has 0 saturated heterocycles. The van der Waals surface area contributed by atoms with Gasteiger partial charge in [0.1, 0.15) is 0 Å². The molecule has 0 spiro atoms. The summed E-state index contributed by atoms with van der Waals surface area (Å²) in [4.78, 5) is 11.5. The van der Waals surface area contributed by atoms with Crippen molar-refractivity contribution in [3.63, 3.8) is 0 Å². The van der Waals surface area contributed by atoms with Gasteiger partial charge in [-0.1, -0.05) is 12.1 Å². The zero-order valence-electron chi connectivity index (χ0n) is 11.0. The van der Waals surface area contributed by atoms with E-state index in [4.69, 9.17) is 4.74 Å². The van der Waals surface area contributed by atoms with Crippen molar-refractivity contribution in [3.05, 3.63) is 41.0 Å². The van der Waals surface area contributed by atoms with Crippen LogP contribution in [-0.4, -0.2) is 12.6 Å². The topological polar surface area (TPSA) is 26.3 Å². The van der Waals surface area contributed by atoms with E-state index in [9.17, 15) is 18.0 Å². The molecule has 0 N–H and O–H groups in total. The summed E-state index contributed by atoms with van der Waals surface area (Å²) >= 11 is 0. The largest absolute Gasteiger partial charge is 0.463 e. The average molecular weight is 272 g/mol. The second kappa shape index (κ2) is 5.91. The van der Waals surface area contributed by atoms with E-state index >= 15 is 0 Å². The molecule has 0 radical (unpaired) electrons. The van der Waals surface area contributed by atoms with Gasteiger partial charge in [-0.2, -0.15) is 13.2 Å². The molecule has 0 amide bonds. The molecule has 1 rings (SSSR count). The van der Waals surface area contributed by atoms with Crippen LogP contribution in [0.3, 0.4) is 0 Å². The van der Waals surface area contributed by atoms with E-state index in [1.807, 2.05) is 0 Å². The summed E-state index contributed by atoms with van der Waals surface area (Å²) in [7, 11) is 0. The number of hydrogen-bond acceptors (Lipinski definition) is 2. The summed E-state index contributed by atoms with van der Waals surface area (Å²) in [5, 5.41) is 0. The molecule has 0 aliphatic heterocycles. The Balaban J connectivity index is 3.04. The Morgan fingerprint density at radius 3 is 2.11 bits per heavy atom. The fourth-order valence-electron chi connectivity index (χ4n) is 1.52. The van der Waals surface area contributed by atoms with Crippen molar-refractivity contribution in [2.24, 2.45) is 0 Å². The lowest BCUT2D eigenvalue weighted by atomic mass is 10.0. The van der Waals surface area contributed by atoms with Crippen molar-refractivity contribution >= 4 is 11.5 Å². The van der Waals surface area contributed by atoms with Gasteiger partial charge in [0, 0.05) is 5.57 Å². The van der Waals surface area contributed by atoms with Crippen LogP contribution in [0.2, 0.25) is 0 Å². The van der Waals surface area contributed by atoms with Gasteiger partial charge in [0.25, 0.3) is 0 Å². The first-order chi connectivity index (χ1) is 8.77. The predicted octanol–water partition coefficient (Wildman–Crippen LogP) is 4.06. The molecule has 0 saturated carbocycles. The highest BCUT2D eigenvalue weighted by Crippen LogP contribution is 2.30. The maximum atomic E-state index is 12.4. The fourth-order valence-corrected chi connectivity index (χ4v) is 1.52. The molecule has 19 heavy (non-hydrogen) atoms. The Labute approximate surface area is 109 Å². The summed E-state index contributed by atoms with van der Waals surface area (Å²) in [6, 6.07) is 4.69. The first-order valence-electron chi connectivity index (χ1n) is 5.79. The zero-order valence-corrected chi connectivity index (χ0v) is 11.0. The molecule has 0 aliphatic rings. The molecule has 1 aromatic carbocycles. The highest BCUT2D eigenvalue weighted by atomic mass is 19.4. The maximum absolute atomic E-state index is 12.4. The third kappa shape index (κ3) is 3.84. The lowest BCUT2D eigenvalue weighted by Gasteiger charge is -2.10. The second-order valence-electron chi connectivity index (χ2n) is 4.05. The van der Waals surface area contributed by atoms with Gasteiger partial charge < -0.3 is 4.74 Å². The molecular weight excluding hydrogens is 257 g/mol. The number of carbonyl (C=O) groups is 1. The van der Waals surface area contributed by atoms with Gasteiger partial charge in [-0.3, -0.25) is 0 Å². The quantitative estimate of drug-likeness (QED) is 0.612. The van der Waals surface area contributed by atoms with Crippen LogP contribution in [0.5, 0.6) is 0 Å². The van der Waals surface area contributed by atoms with Crippen molar-refractivity contribution in [2.75, 3.05) is 6.61 Å². The Morgan fingerprint density at radius 1 is 1.16 bits per heavy atom. The minimum absolute atomic E-state index is 0.260. The van der Waals surface area contributed by atoms with Crippen molar-refractivity contribution in [3.8, 4) is 0 Å². The van der Waals surface area contributed by atoms with Crippen LogP contribution in [0.1, 0.15) is 31.9 Å². The van der Waals surface area contributed by atoms with E-state index in [1.54, 1.807) is 20.8 Å². The molecule has 0 atom stereocenters. The molecule has 1 aromatic rings. The minimum Gasteiger partial charge on any atom is -0.463 e. The average Bonchev–Trinajstić information content (AvgIpc) is 2.36. The van der Waals surface area contributed by atoms with E-state index < -0.39 is 17.7 Å². The third-order valence-electron chi connectivity index (χ3n) is 2.79. The smallest absolute Gasteiger partial charge is 0.416 e. The van der Waals surface area contributed by atoms with Crippen LogP contribution < -0.4 is 0 Å². The monoisotopic (exact) mass is 272 g/mol. The van der Waals surface area contributed by atoms with Crippen molar-refractivity contribution in [1.29, 1.82) is 0 Å². The van der Waals surface area contributed by atoms with Crippen LogP contribution in [0.4, 0.5) is 13.2 Å². The molecule has 0 fully saturated rings. The number of allylic oxidation sites excluding steroid dienone is 1. The number of hydrogen-bond donors (Lipinski definition) is 0. The molecule has 5 heteroatoms. The van der Waals surface area contributed by atoms with Gasteiger partial charge in [0.05, 0.1) is 12.2 Å². The van der Waals surface area contributed by atoms with Crippen LogP contribution in [0.25, 0.3) is 5.57 Å². The zero-order chi connectivity index (χ0) is 14.6. The predicted molar refractivity (Wildman–Crippen MR) is 66.3 cm³/mol. The summed E-state index contributed by atoms with van der Waals surface area (Å²) in [5.74, 6) is -0.458. The Kier molecular flexibility index (Phi) is 4.75. The Bertz CT molecular complexity index is 484. The van der Waals surface area contributed by atoms with Gasteiger partial charge in [0.2, 0.25) is 0 Å². The van der Waals surface area contributed by atoms with Crippen molar-refractivity contribution in [1.82, 2.24) is 0 Å². The SMILES string of the molecule is CCOC(=O)/C(C)=C(/C)c1ccc(C(F)(F)F)cc1. The fraction of sp³-hybridized carbons (Fsp3) is 0.357. The lowest BCUT2D eigenvalue weighted by Crippen LogP contribution is -2.07. The number of halogens is 3. The number of benzene rings is 1. The van der Waals surface area contributed by atoms with Crippen LogP contribution in [0, 0.1) is 0 Å². The number of alkyl halides is 3. The first-order valence-corrected chi connectivity index (χ1v) is 5.79. The summed E-state index contributed by atoms with van der Waals surface area (Å²) in [6.07, 6.45) is -4.35. The maximum Gasteiger partial charge on any atom is 0.416 e. The van der Waals surface area contributed by atoms with E-state index in [0.717, 1.165) is 12.1 Å². The van der Waals surface area contributed by atoms with E-state index in [1.165, 1.54) is 12.1 Å². The normalized spacial score (nSPS) is 12.9. The van der Waals surface area contributed by atoms with Gasteiger partial charge in [-0.25, -0.2) is 4.79 Å². The van der Waals surface area contributed by atoms with Crippen molar-refractivity contribution < 1.29 is 22.7 Å².